The summed E-state index contributed by atoms with van der Waals surface area (Å²) < 4.78 is 2.24. The first-order valence-electron chi connectivity index (χ1n) is 7.55. The van der Waals surface area contributed by atoms with Crippen LogP contribution in [0.3, 0.4) is 0 Å². The molecular weight excluding hydrogens is 308 g/mol. The zero-order valence-electron chi connectivity index (χ0n) is 12.9. The maximum atomic E-state index is 12.6. The Kier molecular flexibility index (Phi) is 4.39. The Morgan fingerprint density at radius 1 is 0.917 bits per heavy atom. The summed E-state index contributed by atoms with van der Waals surface area (Å²) in [5.41, 5.74) is -0.163. The van der Waals surface area contributed by atoms with E-state index >= 15 is 0 Å². The lowest BCUT2D eigenvalue weighted by Gasteiger charge is -2.13. The van der Waals surface area contributed by atoms with Crippen LogP contribution < -0.4 is 11.2 Å². The van der Waals surface area contributed by atoms with Gasteiger partial charge in [-0.15, -0.1) is 0 Å². The summed E-state index contributed by atoms with van der Waals surface area (Å²) in [6.45, 7) is -0.614. The van der Waals surface area contributed by atoms with E-state index in [0.29, 0.717) is 16.5 Å². The summed E-state index contributed by atoms with van der Waals surface area (Å²) >= 11 is 0. The van der Waals surface area contributed by atoms with Gasteiger partial charge in [-0.25, -0.2) is 4.79 Å². The quantitative estimate of drug-likeness (QED) is 0.711. The molecule has 6 nitrogen and oxygen atoms in total. The van der Waals surface area contributed by atoms with Gasteiger partial charge in [0, 0.05) is 5.56 Å². The summed E-state index contributed by atoms with van der Waals surface area (Å²) in [6.07, 6.45) is 0. The van der Waals surface area contributed by atoms with E-state index in [2.05, 4.69) is 0 Å². The van der Waals surface area contributed by atoms with E-state index in [1.165, 1.54) is 4.57 Å². The van der Waals surface area contributed by atoms with Crippen LogP contribution in [0.4, 0.5) is 0 Å². The molecule has 24 heavy (non-hydrogen) atoms. The normalized spacial score (nSPS) is 10.9. The van der Waals surface area contributed by atoms with Gasteiger partial charge < -0.3 is 5.11 Å². The number of rotatable bonds is 5. The van der Waals surface area contributed by atoms with E-state index in [1.807, 2.05) is 0 Å². The molecule has 0 aliphatic heterocycles. The van der Waals surface area contributed by atoms with Crippen LogP contribution in [0.5, 0.6) is 0 Å². The molecule has 1 heterocycles. The molecule has 0 saturated heterocycles. The molecule has 122 valence electrons. The molecule has 0 aliphatic carbocycles. The van der Waals surface area contributed by atoms with E-state index < -0.39 is 11.2 Å². The van der Waals surface area contributed by atoms with Gasteiger partial charge in [-0.1, -0.05) is 42.5 Å². The lowest BCUT2D eigenvalue weighted by Crippen LogP contribution is -2.41. The Bertz CT molecular complexity index is 1000. The van der Waals surface area contributed by atoms with E-state index in [-0.39, 0.29) is 25.5 Å². The molecule has 0 fully saturated rings. The number of ketones is 1. The molecule has 0 atom stereocenters. The Morgan fingerprint density at radius 2 is 1.58 bits per heavy atom. The zero-order chi connectivity index (χ0) is 17.1. The van der Waals surface area contributed by atoms with Crippen molar-refractivity contribution in [1.29, 1.82) is 0 Å². The number of aliphatic hydroxyl groups excluding tert-OH is 1. The highest BCUT2D eigenvalue weighted by atomic mass is 16.3. The molecule has 0 spiro atoms. The van der Waals surface area contributed by atoms with Crippen LogP contribution in [-0.4, -0.2) is 26.6 Å². The molecule has 0 radical (unpaired) electrons. The second-order valence-corrected chi connectivity index (χ2v) is 5.36. The maximum Gasteiger partial charge on any atom is 0.331 e. The molecule has 0 unspecified atom stereocenters. The predicted octanol–water partition coefficient (Wildman–Crippen LogP) is 1.04. The average molecular weight is 324 g/mol. The second-order valence-electron chi connectivity index (χ2n) is 5.36. The van der Waals surface area contributed by atoms with Gasteiger partial charge in [-0.2, -0.15) is 0 Å². The highest BCUT2D eigenvalue weighted by molar-refractivity contribution is 5.96. The van der Waals surface area contributed by atoms with Crippen molar-refractivity contribution in [2.45, 2.75) is 13.1 Å². The van der Waals surface area contributed by atoms with Gasteiger partial charge in [0.05, 0.1) is 30.6 Å². The second kappa shape index (κ2) is 6.64. The smallest absolute Gasteiger partial charge is 0.331 e. The SMILES string of the molecule is O=C(Cn1c(=O)n(CCO)c(=O)c2ccccc21)c1ccccc1. The highest BCUT2D eigenvalue weighted by Crippen LogP contribution is 2.09. The number of aliphatic hydroxyl groups is 1. The summed E-state index contributed by atoms with van der Waals surface area (Å²) in [7, 11) is 0. The van der Waals surface area contributed by atoms with Crippen LogP contribution in [0.15, 0.2) is 64.2 Å². The van der Waals surface area contributed by atoms with Gasteiger partial charge in [0.25, 0.3) is 5.56 Å². The lowest BCUT2D eigenvalue weighted by atomic mass is 10.1. The number of fused-ring (bicyclic) bond motifs is 1. The molecule has 0 aliphatic rings. The van der Waals surface area contributed by atoms with Gasteiger partial charge in [0.2, 0.25) is 0 Å². The third kappa shape index (κ3) is 2.79. The average Bonchev–Trinajstić information content (AvgIpc) is 2.63. The standard InChI is InChI=1S/C18H16N2O4/c21-11-10-19-17(23)14-8-4-5-9-15(14)20(18(19)24)12-16(22)13-6-2-1-3-7-13/h1-9,21H,10-12H2. The van der Waals surface area contributed by atoms with Crippen LogP contribution in [0, 0.1) is 0 Å². The molecule has 6 heteroatoms. The number of carbonyl (C=O) groups excluding carboxylic acids is 1. The third-order valence-corrected chi connectivity index (χ3v) is 3.85. The highest BCUT2D eigenvalue weighted by Gasteiger charge is 2.15. The third-order valence-electron chi connectivity index (χ3n) is 3.85. The maximum absolute atomic E-state index is 12.6. The molecule has 3 rings (SSSR count). The van der Waals surface area contributed by atoms with Gasteiger partial charge in [0.15, 0.2) is 5.78 Å². The van der Waals surface area contributed by atoms with Crippen LogP contribution in [0.2, 0.25) is 0 Å². The molecule has 1 N–H and O–H groups in total. The van der Waals surface area contributed by atoms with Crippen molar-refractivity contribution in [2.24, 2.45) is 0 Å². The van der Waals surface area contributed by atoms with E-state index in [9.17, 15) is 14.4 Å². The number of hydrogen-bond acceptors (Lipinski definition) is 4. The van der Waals surface area contributed by atoms with Crippen molar-refractivity contribution in [2.75, 3.05) is 6.61 Å². The van der Waals surface area contributed by atoms with Crippen molar-refractivity contribution < 1.29 is 9.90 Å². The monoisotopic (exact) mass is 324 g/mol. The first-order valence-corrected chi connectivity index (χ1v) is 7.55. The summed E-state index contributed by atoms with van der Waals surface area (Å²) in [5.74, 6) is -0.225. The Labute approximate surface area is 137 Å². The van der Waals surface area contributed by atoms with Gasteiger partial charge >= 0.3 is 5.69 Å². The topological polar surface area (TPSA) is 81.3 Å². The van der Waals surface area contributed by atoms with Crippen molar-refractivity contribution in [1.82, 2.24) is 9.13 Å². The fraction of sp³-hybridized carbons (Fsp3) is 0.167. The Balaban J connectivity index is 2.18. The number of Topliss-reactive ketones (excluding diaryl/α,β-unsaturated/α-hetero) is 1. The van der Waals surface area contributed by atoms with Crippen molar-refractivity contribution in [3.63, 3.8) is 0 Å². The van der Waals surface area contributed by atoms with E-state index in [4.69, 9.17) is 5.11 Å². The van der Waals surface area contributed by atoms with Crippen LogP contribution in [0.1, 0.15) is 10.4 Å². The van der Waals surface area contributed by atoms with E-state index in [0.717, 1.165) is 4.57 Å². The van der Waals surface area contributed by atoms with Crippen LogP contribution in [0.25, 0.3) is 10.9 Å². The zero-order valence-corrected chi connectivity index (χ0v) is 12.9. The summed E-state index contributed by atoms with van der Waals surface area (Å²) in [6, 6.07) is 15.3. The predicted molar refractivity (Wildman–Crippen MR) is 90.3 cm³/mol. The minimum atomic E-state index is -0.600. The fourth-order valence-electron chi connectivity index (χ4n) is 2.68. The molecular formula is C18H16N2O4. The van der Waals surface area contributed by atoms with Crippen LogP contribution in [-0.2, 0) is 13.1 Å². The molecule has 3 aromatic rings. The molecule has 0 bridgehead atoms. The first-order chi connectivity index (χ1) is 11.6. The largest absolute Gasteiger partial charge is 0.395 e. The minimum Gasteiger partial charge on any atom is -0.395 e. The van der Waals surface area contributed by atoms with Crippen LogP contribution >= 0.6 is 0 Å². The number of hydrogen-bond donors (Lipinski definition) is 1. The number of benzene rings is 2. The number of para-hydroxylation sites is 1. The Hall–Kier alpha value is -2.99. The number of aromatic nitrogens is 2. The fourth-order valence-corrected chi connectivity index (χ4v) is 2.68. The number of nitrogens with zero attached hydrogens (tertiary/aromatic N) is 2. The molecule has 0 amide bonds. The lowest BCUT2D eigenvalue weighted by molar-refractivity contribution is 0.0971. The molecule has 0 saturated carbocycles. The van der Waals surface area contributed by atoms with Gasteiger partial charge in [-0.05, 0) is 12.1 Å². The number of carbonyl (C=O) groups is 1. The molecule has 2 aromatic carbocycles. The first kappa shape index (κ1) is 15.9. The Morgan fingerprint density at radius 3 is 2.29 bits per heavy atom. The van der Waals surface area contributed by atoms with Crippen molar-refractivity contribution >= 4 is 16.7 Å². The van der Waals surface area contributed by atoms with E-state index in [1.54, 1.807) is 54.6 Å². The molecule has 1 aromatic heterocycles. The minimum absolute atomic E-state index is 0.109. The van der Waals surface area contributed by atoms with Gasteiger partial charge in [-0.3, -0.25) is 18.7 Å². The summed E-state index contributed by atoms with van der Waals surface area (Å²) in [4.78, 5) is 37.5. The van der Waals surface area contributed by atoms with Crippen molar-refractivity contribution in [3.05, 3.63) is 81.0 Å². The van der Waals surface area contributed by atoms with Gasteiger partial charge in [0.1, 0.15) is 0 Å². The summed E-state index contributed by atoms with van der Waals surface area (Å²) in [5, 5.41) is 9.46. The van der Waals surface area contributed by atoms with Crippen molar-refractivity contribution in [3.8, 4) is 0 Å².